The molecule has 0 aliphatic carbocycles. The molecule has 164 valence electrons. The predicted molar refractivity (Wildman–Crippen MR) is 109 cm³/mol. The monoisotopic (exact) mass is 440 g/mol. The summed E-state index contributed by atoms with van der Waals surface area (Å²) in [5.41, 5.74) is 1.97. The molecule has 2 aromatic rings. The topological polar surface area (TPSA) is 140 Å². The summed E-state index contributed by atoms with van der Waals surface area (Å²) >= 11 is 5.95. The van der Waals surface area contributed by atoms with Crippen molar-refractivity contribution in [1.82, 2.24) is 9.88 Å². The Balaban J connectivity index is 0.000000382. The number of carbonyl (C=O) groups is 2. The predicted octanol–water partition coefficient (Wildman–Crippen LogP) is 1.28. The van der Waals surface area contributed by atoms with Gasteiger partial charge in [-0.25, -0.2) is 9.59 Å². The molecule has 0 unspecified atom stereocenters. The van der Waals surface area contributed by atoms with Gasteiger partial charge in [-0.05, 0) is 43.9 Å². The number of aliphatic hydroxyl groups excluding tert-OH is 2. The van der Waals surface area contributed by atoms with Gasteiger partial charge < -0.3 is 30.1 Å². The fraction of sp³-hybridized carbons (Fsp3) is 0.350. The van der Waals surface area contributed by atoms with E-state index in [2.05, 4.69) is 9.88 Å². The SMILES string of the molecule is CN(C)CCO[C@@H](c1ccc(Cl)cc1)c1ccccn1.O=C(O)[C@H](O)[C@@H](O)C(=O)O. The smallest absolute Gasteiger partial charge is 0.335 e. The minimum atomic E-state index is -2.27. The van der Waals surface area contributed by atoms with Crippen LogP contribution >= 0.6 is 11.6 Å². The van der Waals surface area contributed by atoms with Gasteiger partial charge in [0.25, 0.3) is 0 Å². The maximum Gasteiger partial charge on any atom is 0.335 e. The normalized spacial score (nSPS) is 13.7. The third-order valence-electron chi connectivity index (χ3n) is 3.76. The second-order valence-electron chi connectivity index (χ2n) is 6.43. The number of aromatic nitrogens is 1. The molecule has 0 spiro atoms. The molecule has 0 saturated carbocycles. The van der Waals surface area contributed by atoms with Gasteiger partial charge >= 0.3 is 11.9 Å². The molecule has 1 aromatic carbocycles. The van der Waals surface area contributed by atoms with E-state index in [0.717, 1.165) is 22.8 Å². The summed E-state index contributed by atoms with van der Waals surface area (Å²) in [4.78, 5) is 26.0. The van der Waals surface area contributed by atoms with Gasteiger partial charge in [0.05, 0.1) is 12.3 Å². The number of aliphatic hydroxyl groups is 2. The van der Waals surface area contributed by atoms with Crippen LogP contribution in [0.5, 0.6) is 0 Å². The van der Waals surface area contributed by atoms with Crippen LogP contribution in [0, 0.1) is 0 Å². The summed E-state index contributed by atoms with van der Waals surface area (Å²) in [5, 5.41) is 33.2. The molecule has 30 heavy (non-hydrogen) atoms. The van der Waals surface area contributed by atoms with Crippen LogP contribution < -0.4 is 0 Å². The minimum absolute atomic E-state index is 0.159. The summed E-state index contributed by atoms with van der Waals surface area (Å²) in [6.07, 6.45) is -2.91. The molecule has 10 heteroatoms. The molecular formula is C20H25ClN2O7. The van der Waals surface area contributed by atoms with Crippen LogP contribution in [-0.2, 0) is 14.3 Å². The van der Waals surface area contributed by atoms with Crippen LogP contribution in [0.25, 0.3) is 0 Å². The number of halogens is 1. The number of benzene rings is 1. The molecule has 3 atom stereocenters. The second kappa shape index (κ2) is 12.9. The Morgan fingerprint density at radius 3 is 2.03 bits per heavy atom. The van der Waals surface area contributed by atoms with Gasteiger partial charge in [-0.2, -0.15) is 0 Å². The van der Waals surface area contributed by atoms with Gasteiger partial charge in [0.2, 0.25) is 0 Å². The number of carboxylic acid groups (broad SMARTS) is 2. The van der Waals surface area contributed by atoms with Crippen molar-refractivity contribution in [2.45, 2.75) is 18.3 Å². The lowest BCUT2D eigenvalue weighted by molar-refractivity contribution is -0.165. The van der Waals surface area contributed by atoms with Crippen LogP contribution in [0.1, 0.15) is 17.4 Å². The molecule has 4 N–H and O–H groups in total. The van der Waals surface area contributed by atoms with Crippen molar-refractivity contribution in [1.29, 1.82) is 0 Å². The first-order chi connectivity index (χ1) is 14.1. The average molecular weight is 441 g/mol. The molecular weight excluding hydrogens is 416 g/mol. The van der Waals surface area contributed by atoms with Crippen molar-refractivity contribution in [2.75, 3.05) is 27.2 Å². The van der Waals surface area contributed by atoms with Gasteiger partial charge in [0, 0.05) is 17.8 Å². The van der Waals surface area contributed by atoms with Gasteiger partial charge in [0.15, 0.2) is 12.2 Å². The number of hydrogen-bond donors (Lipinski definition) is 4. The van der Waals surface area contributed by atoms with Crippen LogP contribution in [0.3, 0.4) is 0 Å². The van der Waals surface area contributed by atoms with Crippen molar-refractivity contribution < 1.29 is 34.8 Å². The zero-order chi connectivity index (χ0) is 22.7. The highest BCUT2D eigenvalue weighted by molar-refractivity contribution is 6.30. The lowest BCUT2D eigenvalue weighted by atomic mass is 10.1. The second-order valence-corrected chi connectivity index (χ2v) is 6.86. The maximum atomic E-state index is 9.77. The standard InChI is InChI=1S/C16H19ClN2O.C4H6O6/c1-19(2)11-12-20-16(15-5-3-4-10-18-15)13-6-8-14(17)9-7-13;5-1(3(7)8)2(6)4(9)10/h3-10,16H,11-12H2,1-2H3;1-2,5-6H,(H,7,8)(H,9,10)/t16-;1-,2-/m01/s1. The highest BCUT2D eigenvalue weighted by atomic mass is 35.5. The first kappa shape index (κ1) is 25.5. The Morgan fingerprint density at radius 2 is 1.60 bits per heavy atom. The zero-order valence-corrected chi connectivity index (χ0v) is 17.3. The van der Waals surface area contributed by atoms with Crippen molar-refractivity contribution in [3.63, 3.8) is 0 Å². The van der Waals surface area contributed by atoms with E-state index in [1.54, 1.807) is 6.20 Å². The number of aliphatic carboxylic acids is 2. The Labute approximate surface area is 179 Å². The van der Waals surface area contributed by atoms with E-state index >= 15 is 0 Å². The van der Waals surface area contributed by atoms with E-state index in [0.29, 0.717) is 6.61 Å². The molecule has 0 amide bonds. The highest BCUT2D eigenvalue weighted by Crippen LogP contribution is 2.25. The van der Waals surface area contributed by atoms with E-state index < -0.39 is 24.1 Å². The summed E-state index contributed by atoms with van der Waals surface area (Å²) in [6, 6.07) is 13.6. The summed E-state index contributed by atoms with van der Waals surface area (Å²) in [7, 11) is 4.06. The van der Waals surface area contributed by atoms with Gasteiger partial charge in [-0.3, -0.25) is 4.98 Å². The quantitative estimate of drug-likeness (QED) is 0.453. The third-order valence-corrected chi connectivity index (χ3v) is 4.01. The average Bonchev–Trinajstić information content (AvgIpc) is 2.71. The maximum absolute atomic E-state index is 9.77. The number of nitrogens with zero attached hydrogens (tertiary/aromatic N) is 2. The van der Waals surface area contributed by atoms with Crippen molar-refractivity contribution in [3.8, 4) is 0 Å². The molecule has 0 radical (unpaired) electrons. The molecule has 9 nitrogen and oxygen atoms in total. The van der Waals surface area contributed by atoms with E-state index in [4.69, 9.17) is 36.8 Å². The molecule has 0 aliphatic heterocycles. The minimum Gasteiger partial charge on any atom is -0.479 e. The number of pyridine rings is 1. The molecule has 0 fully saturated rings. The highest BCUT2D eigenvalue weighted by Gasteiger charge is 2.29. The van der Waals surface area contributed by atoms with Crippen LogP contribution in [0.2, 0.25) is 5.02 Å². The zero-order valence-electron chi connectivity index (χ0n) is 16.6. The summed E-state index contributed by atoms with van der Waals surface area (Å²) < 4.78 is 6.02. The number of likely N-dealkylation sites (N-methyl/N-ethyl adjacent to an activating group) is 1. The van der Waals surface area contributed by atoms with Crippen molar-refractivity contribution in [3.05, 3.63) is 64.9 Å². The fourth-order valence-corrected chi connectivity index (χ4v) is 2.27. The van der Waals surface area contributed by atoms with E-state index in [-0.39, 0.29) is 6.10 Å². The van der Waals surface area contributed by atoms with Gasteiger partial charge in [-0.1, -0.05) is 29.8 Å². The Bertz CT molecular complexity index is 770. The number of hydrogen-bond acceptors (Lipinski definition) is 7. The molecule has 0 aliphatic rings. The molecule has 0 bridgehead atoms. The van der Waals surface area contributed by atoms with Crippen molar-refractivity contribution >= 4 is 23.5 Å². The Hall–Kier alpha value is -2.56. The van der Waals surface area contributed by atoms with Crippen LogP contribution in [0.4, 0.5) is 0 Å². The molecule has 2 rings (SSSR count). The number of carboxylic acids is 2. The number of ether oxygens (including phenoxy) is 1. The van der Waals surface area contributed by atoms with Crippen LogP contribution in [-0.4, -0.2) is 81.7 Å². The van der Waals surface area contributed by atoms with E-state index in [1.165, 1.54) is 0 Å². The molecule has 0 saturated heterocycles. The van der Waals surface area contributed by atoms with Gasteiger partial charge in [0.1, 0.15) is 6.10 Å². The Morgan fingerprint density at radius 1 is 1.03 bits per heavy atom. The fourth-order valence-electron chi connectivity index (χ4n) is 2.14. The third kappa shape index (κ3) is 8.85. The summed E-state index contributed by atoms with van der Waals surface area (Å²) in [5.74, 6) is -3.54. The molecule has 1 aromatic heterocycles. The summed E-state index contributed by atoms with van der Waals surface area (Å²) in [6.45, 7) is 1.52. The lowest BCUT2D eigenvalue weighted by Crippen LogP contribution is -2.39. The number of rotatable bonds is 9. The lowest BCUT2D eigenvalue weighted by Gasteiger charge is -2.19. The Kier molecular flexibility index (Phi) is 10.9. The first-order valence-corrected chi connectivity index (χ1v) is 9.25. The first-order valence-electron chi connectivity index (χ1n) is 8.88. The van der Waals surface area contributed by atoms with Gasteiger partial charge in [-0.15, -0.1) is 0 Å². The van der Waals surface area contributed by atoms with Crippen LogP contribution in [0.15, 0.2) is 48.7 Å². The largest absolute Gasteiger partial charge is 0.479 e. The van der Waals surface area contributed by atoms with Crippen molar-refractivity contribution in [2.24, 2.45) is 0 Å². The van der Waals surface area contributed by atoms with E-state index in [1.807, 2.05) is 56.6 Å². The molecule has 1 heterocycles. The van der Waals surface area contributed by atoms with E-state index in [9.17, 15) is 9.59 Å².